The van der Waals surface area contributed by atoms with Crippen LogP contribution in [0.4, 0.5) is 0 Å². The molecule has 0 bridgehead atoms. The quantitative estimate of drug-likeness (QED) is 0.459. The third-order valence-corrected chi connectivity index (χ3v) is 5.33. The van der Waals surface area contributed by atoms with E-state index in [0.717, 1.165) is 22.2 Å². The van der Waals surface area contributed by atoms with Gasteiger partial charge in [-0.1, -0.05) is 29.8 Å². The maximum atomic E-state index is 13.0. The minimum Gasteiger partial charge on any atom is -0.364 e. The first-order valence-corrected chi connectivity index (χ1v) is 9.19. The van der Waals surface area contributed by atoms with E-state index in [1.165, 1.54) is 0 Å². The molecule has 1 fully saturated rings. The van der Waals surface area contributed by atoms with Gasteiger partial charge in [0, 0.05) is 37.0 Å². The lowest BCUT2D eigenvalue weighted by Gasteiger charge is -2.55. The second-order valence-electron chi connectivity index (χ2n) is 6.88. The highest BCUT2D eigenvalue weighted by molar-refractivity contribution is 9.10. The van der Waals surface area contributed by atoms with Gasteiger partial charge in [-0.05, 0) is 30.9 Å². The van der Waals surface area contributed by atoms with Crippen molar-refractivity contribution in [1.29, 1.82) is 0 Å². The van der Waals surface area contributed by atoms with E-state index < -0.39 is 5.60 Å². The number of β-lactam (4-membered cyclic amide) rings is 1. The number of nitrogens with zero attached hydrogens (tertiary/aromatic N) is 2. The van der Waals surface area contributed by atoms with Gasteiger partial charge in [0.05, 0.1) is 6.04 Å². The molecule has 0 spiro atoms. The number of likely N-dealkylation sites (tertiary alicyclic amines) is 1. The number of hydrogen-bond acceptors (Lipinski definition) is 5. The molecule has 0 aliphatic carbocycles. The Kier molecular flexibility index (Phi) is 6.96. The fourth-order valence-electron chi connectivity index (χ4n) is 3.24. The Labute approximate surface area is 158 Å². The van der Waals surface area contributed by atoms with E-state index in [9.17, 15) is 4.79 Å². The zero-order valence-corrected chi connectivity index (χ0v) is 17.1. The van der Waals surface area contributed by atoms with E-state index in [4.69, 9.17) is 14.2 Å². The van der Waals surface area contributed by atoms with Crippen LogP contribution in [0.3, 0.4) is 0 Å². The SMILES string of the molecule is COCO[C@@]1(Cc2cc(Br)c(C)cn2)C(=O)N(COC)[C@H]1CC(C)C. The molecular formula is C18H27BrN2O4. The number of pyridine rings is 1. The molecule has 1 aliphatic heterocycles. The van der Waals surface area contributed by atoms with E-state index >= 15 is 0 Å². The number of aromatic nitrogens is 1. The molecule has 25 heavy (non-hydrogen) atoms. The average molecular weight is 415 g/mol. The van der Waals surface area contributed by atoms with Crippen LogP contribution < -0.4 is 0 Å². The summed E-state index contributed by atoms with van der Waals surface area (Å²) in [4.78, 5) is 19.2. The number of hydrogen-bond donors (Lipinski definition) is 0. The topological polar surface area (TPSA) is 60.9 Å². The van der Waals surface area contributed by atoms with Crippen molar-refractivity contribution in [3.05, 3.63) is 28.0 Å². The van der Waals surface area contributed by atoms with E-state index in [-0.39, 0.29) is 25.5 Å². The summed E-state index contributed by atoms with van der Waals surface area (Å²) in [7, 11) is 3.15. The van der Waals surface area contributed by atoms with E-state index in [2.05, 4.69) is 34.8 Å². The lowest BCUT2D eigenvalue weighted by Crippen LogP contribution is -2.76. The fourth-order valence-corrected chi connectivity index (χ4v) is 3.60. The van der Waals surface area contributed by atoms with Crippen LogP contribution in [0.25, 0.3) is 0 Å². The van der Waals surface area contributed by atoms with Gasteiger partial charge in [0.25, 0.3) is 5.91 Å². The number of halogens is 1. The van der Waals surface area contributed by atoms with Gasteiger partial charge in [0.15, 0.2) is 5.60 Å². The molecule has 1 aromatic heterocycles. The Bertz CT molecular complexity index is 611. The zero-order valence-electron chi connectivity index (χ0n) is 15.5. The van der Waals surface area contributed by atoms with E-state index in [0.29, 0.717) is 12.3 Å². The standard InChI is InChI=1S/C18H27BrN2O4/c1-12(2)6-16-18(25-11-24-5,17(22)21(16)10-23-4)8-14-7-15(19)13(3)9-20-14/h7,9,12,16H,6,8,10-11H2,1-5H3/t16-,18+/m0/s1. The predicted octanol–water partition coefficient (Wildman–Crippen LogP) is 2.92. The summed E-state index contributed by atoms with van der Waals surface area (Å²) in [5.41, 5.74) is 0.906. The van der Waals surface area contributed by atoms with Crippen LogP contribution in [0.5, 0.6) is 0 Å². The summed E-state index contributed by atoms with van der Waals surface area (Å²) in [6, 6.07) is 1.88. The van der Waals surface area contributed by atoms with E-state index in [1.54, 1.807) is 25.3 Å². The molecule has 0 saturated carbocycles. The van der Waals surface area contributed by atoms with Crippen LogP contribution in [-0.2, 0) is 25.4 Å². The lowest BCUT2D eigenvalue weighted by atomic mass is 9.75. The van der Waals surface area contributed by atoms with Crippen molar-refractivity contribution in [3.8, 4) is 0 Å². The molecule has 6 nitrogen and oxygen atoms in total. The normalized spacial score (nSPS) is 23.2. The van der Waals surface area contributed by atoms with Crippen molar-refractivity contribution in [2.45, 2.75) is 45.3 Å². The van der Waals surface area contributed by atoms with Crippen LogP contribution in [0.2, 0.25) is 0 Å². The van der Waals surface area contributed by atoms with Crippen LogP contribution in [-0.4, -0.2) is 55.2 Å². The van der Waals surface area contributed by atoms with Crippen molar-refractivity contribution in [1.82, 2.24) is 9.88 Å². The van der Waals surface area contributed by atoms with Crippen molar-refractivity contribution in [2.24, 2.45) is 5.92 Å². The van der Waals surface area contributed by atoms with Crippen LogP contribution in [0, 0.1) is 12.8 Å². The Balaban J connectivity index is 2.33. The van der Waals surface area contributed by atoms with Gasteiger partial charge in [-0.2, -0.15) is 0 Å². The molecule has 0 aromatic carbocycles. The van der Waals surface area contributed by atoms with Gasteiger partial charge in [-0.25, -0.2) is 0 Å². The molecule has 2 atom stereocenters. The highest BCUT2D eigenvalue weighted by Gasteiger charge is 2.61. The summed E-state index contributed by atoms with van der Waals surface area (Å²) in [5, 5.41) is 0. The molecule has 1 saturated heterocycles. The molecule has 140 valence electrons. The fraction of sp³-hybridized carbons (Fsp3) is 0.667. The van der Waals surface area contributed by atoms with Crippen molar-refractivity contribution in [3.63, 3.8) is 0 Å². The molecule has 0 unspecified atom stereocenters. The van der Waals surface area contributed by atoms with Gasteiger partial charge in [0.1, 0.15) is 13.5 Å². The summed E-state index contributed by atoms with van der Waals surface area (Å²) >= 11 is 3.53. The molecule has 7 heteroatoms. The number of carbonyl (C=O) groups excluding carboxylic acids is 1. The summed E-state index contributed by atoms with van der Waals surface area (Å²) in [5.74, 6) is 0.344. The largest absolute Gasteiger partial charge is 0.364 e. The number of carbonyl (C=O) groups is 1. The Hall–Kier alpha value is -1.02. The number of rotatable bonds is 9. The Morgan fingerprint density at radius 3 is 2.64 bits per heavy atom. The predicted molar refractivity (Wildman–Crippen MR) is 98.0 cm³/mol. The third-order valence-electron chi connectivity index (χ3n) is 4.47. The number of ether oxygens (including phenoxy) is 3. The van der Waals surface area contributed by atoms with Crippen molar-refractivity contribution in [2.75, 3.05) is 27.7 Å². The van der Waals surface area contributed by atoms with Gasteiger partial charge >= 0.3 is 0 Å². The number of aryl methyl sites for hydroxylation is 1. The first-order chi connectivity index (χ1) is 11.9. The highest BCUT2D eigenvalue weighted by atomic mass is 79.9. The molecule has 0 radical (unpaired) electrons. The Morgan fingerprint density at radius 2 is 2.08 bits per heavy atom. The Morgan fingerprint density at radius 1 is 1.36 bits per heavy atom. The molecule has 2 rings (SSSR count). The third kappa shape index (κ3) is 4.22. The van der Waals surface area contributed by atoms with Crippen LogP contribution >= 0.6 is 15.9 Å². The molecule has 1 aliphatic rings. The lowest BCUT2D eigenvalue weighted by molar-refractivity contribution is -0.235. The summed E-state index contributed by atoms with van der Waals surface area (Å²) < 4.78 is 17.2. The maximum absolute atomic E-state index is 13.0. The summed E-state index contributed by atoms with van der Waals surface area (Å²) in [6.07, 6.45) is 3.04. The van der Waals surface area contributed by atoms with Crippen LogP contribution in [0.15, 0.2) is 16.7 Å². The minimum atomic E-state index is -0.958. The minimum absolute atomic E-state index is 0.0637. The highest BCUT2D eigenvalue weighted by Crippen LogP contribution is 2.41. The van der Waals surface area contributed by atoms with E-state index in [1.807, 2.05) is 13.0 Å². The average Bonchev–Trinajstić information content (AvgIpc) is 2.57. The van der Waals surface area contributed by atoms with Crippen LogP contribution in [0.1, 0.15) is 31.5 Å². The first-order valence-electron chi connectivity index (χ1n) is 8.39. The molecule has 1 aromatic rings. The second-order valence-corrected chi connectivity index (χ2v) is 7.73. The van der Waals surface area contributed by atoms with Gasteiger partial charge in [-0.3, -0.25) is 9.78 Å². The smallest absolute Gasteiger partial charge is 0.259 e. The van der Waals surface area contributed by atoms with Gasteiger partial charge in [-0.15, -0.1) is 0 Å². The second kappa shape index (κ2) is 8.58. The molecule has 2 heterocycles. The van der Waals surface area contributed by atoms with Crippen molar-refractivity contribution >= 4 is 21.8 Å². The molecule has 1 amide bonds. The number of methoxy groups -OCH3 is 2. The maximum Gasteiger partial charge on any atom is 0.259 e. The van der Waals surface area contributed by atoms with Crippen molar-refractivity contribution < 1.29 is 19.0 Å². The number of amides is 1. The van der Waals surface area contributed by atoms with Gasteiger partial charge < -0.3 is 19.1 Å². The monoisotopic (exact) mass is 414 g/mol. The molecular weight excluding hydrogens is 388 g/mol. The van der Waals surface area contributed by atoms with Gasteiger partial charge in [0.2, 0.25) is 0 Å². The summed E-state index contributed by atoms with van der Waals surface area (Å²) in [6.45, 7) is 6.58. The zero-order chi connectivity index (χ0) is 18.6. The first kappa shape index (κ1) is 20.3. The molecule has 0 N–H and O–H groups in total.